The van der Waals surface area contributed by atoms with Gasteiger partial charge in [-0.25, -0.2) is 9.67 Å². The van der Waals surface area contributed by atoms with Crippen molar-refractivity contribution in [1.29, 1.82) is 0 Å². The van der Waals surface area contributed by atoms with Crippen LogP contribution in [0.3, 0.4) is 0 Å². The average molecular weight is 233 g/mol. The summed E-state index contributed by atoms with van der Waals surface area (Å²) in [6, 6.07) is 2.25. The van der Waals surface area contributed by atoms with E-state index in [0.717, 1.165) is 11.5 Å². The maximum absolute atomic E-state index is 4.59. The van der Waals surface area contributed by atoms with Crippen LogP contribution in [0.1, 0.15) is 45.5 Å². The van der Waals surface area contributed by atoms with Crippen LogP contribution in [0.5, 0.6) is 0 Å². The summed E-state index contributed by atoms with van der Waals surface area (Å²) in [6.07, 6.45) is 1.90. The topological polar surface area (TPSA) is 48.5 Å². The molecule has 0 aliphatic heterocycles. The van der Waals surface area contributed by atoms with E-state index in [1.807, 2.05) is 24.0 Å². The van der Waals surface area contributed by atoms with Crippen molar-refractivity contribution in [1.82, 2.24) is 24.5 Å². The average Bonchev–Trinajstić information content (AvgIpc) is 2.82. The van der Waals surface area contributed by atoms with Crippen molar-refractivity contribution < 1.29 is 0 Å². The fourth-order valence-corrected chi connectivity index (χ4v) is 1.75. The first kappa shape index (κ1) is 11.8. The van der Waals surface area contributed by atoms with Gasteiger partial charge in [-0.05, 0) is 19.9 Å². The Hall–Kier alpha value is -1.65. The molecule has 0 aliphatic carbocycles. The van der Waals surface area contributed by atoms with Crippen LogP contribution in [0.2, 0.25) is 0 Å². The number of hydrogen-bond donors (Lipinski definition) is 0. The van der Waals surface area contributed by atoms with E-state index in [2.05, 4.69) is 42.9 Å². The molecule has 0 bridgehead atoms. The first-order valence-corrected chi connectivity index (χ1v) is 5.95. The van der Waals surface area contributed by atoms with E-state index in [4.69, 9.17) is 0 Å². The van der Waals surface area contributed by atoms with Gasteiger partial charge in [0.25, 0.3) is 0 Å². The fourth-order valence-electron chi connectivity index (χ4n) is 1.75. The molecule has 0 unspecified atom stereocenters. The van der Waals surface area contributed by atoms with Crippen molar-refractivity contribution in [3.8, 4) is 11.5 Å². The lowest BCUT2D eigenvalue weighted by Gasteiger charge is -2.10. The van der Waals surface area contributed by atoms with Crippen LogP contribution in [-0.4, -0.2) is 24.5 Å². The largest absolute Gasteiger partial charge is 0.275 e. The Bertz CT molecular complexity index is 481. The molecule has 5 nitrogen and oxygen atoms in total. The summed E-state index contributed by atoms with van der Waals surface area (Å²) in [4.78, 5) is 4.59. The number of hydrogen-bond acceptors (Lipinski definition) is 3. The second-order valence-electron chi connectivity index (χ2n) is 4.86. The Kier molecular flexibility index (Phi) is 3.00. The van der Waals surface area contributed by atoms with Gasteiger partial charge in [-0.3, -0.25) is 4.68 Å². The summed E-state index contributed by atoms with van der Waals surface area (Å²) in [6.45, 7) is 8.49. The van der Waals surface area contributed by atoms with Gasteiger partial charge in [0.15, 0.2) is 0 Å². The van der Waals surface area contributed by atoms with Gasteiger partial charge in [0.05, 0.1) is 0 Å². The zero-order valence-corrected chi connectivity index (χ0v) is 11.0. The molecule has 2 rings (SSSR count). The highest BCUT2D eigenvalue weighted by Crippen LogP contribution is 2.20. The Morgan fingerprint density at radius 2 is 1.82 bits per heavy atom. The number of aryl methyl sites for hydroxylation is 1. The van der Waals surface area contributed by atoms with E-state index in [0.29, 0.717) is 17.8 Å². The lowest BCUT2D eigenvalue weighted by atomic mass is 10.2. The van der Waals surface area contributed by atoms with Crippen molar-refractivity contribution in [2.75, 3.05) is 0 Å². The molecule has 0 spiro atoms. The molecule has 0 saturated carbocycles. The maximum atomic E-state index is 4.59. The Morgan fingerprint density at radius 1 is 1.12 bits per heavy atom. The minimum atomic E-state index is 0.317. The summed E-state index contributed by atoms with van der Waals surface area (Å²) in [5, 5.41) is 8.88. The number of nitrogens with zero attached hydrogens (tertiary/aromatic N) is 5. The summed E-state index contributed by atoms with van der Waals surface area (Å²) in [5.41, 5.74) is 0.828. The van der Waals surface area contributed by atoms with E-state index in [1.54, 1.807) is 4.68 Å². The normalized spacial score (nSPS) is 11.7. The van der Waals surface area contributed by atoms with Gasteiger partial charge < -0.3 is 0 Å². The monoisotopic (exact) mass is 233 g/mol. The zero-order chi connectivity index (χ0) is 12.6. The van der Waals surface area contributed by atoms with E-state index >= 15 is 0 Å². The lowest BCUT2D eigenvalue weighted by Crippen LogP contribution is -2.09. The van der Waals surface area contributed by atoms with Crippen molar-refractivity contribution in [2.45, 2.75) is 39.7 Å². The maximum Gasteiger partial charge on any atom is 0.201 e. The molecule has 2 heterocycles. The molecule has 0 amide bonds. The van der Waals surface area contributed by atoms with Gasteiger partial charge in [-0.2, -0.15) is 5.10 Å². The van der Waals surface area contributed by atoms with Crippen molar-refractivity contribution in [3.63, 3.8) is 0 Å². The molecular formula is C12H19N5. The van der Waals surface area contributed by atoms with Crippen LogP contribution in [0.4, 0.5) is 0 Å². The van der Waals surface area contributed by atoms with Crippen molar-refractivity contribution in [2.24, 2.45) is 7.05 Å². The van der Waals surface area contributed by atoms with Gasteiger partial charge >= 0.3 is 0 Å². The first-order valence-electron chi connectivity index (χ1n) is 5.95. The zero-order valence-electron chi connectivity index (χ0n) is 11.0. The third kappa shape index (κ3) is 2.23. The number of rotatable bonds is 3. The van der Waals surface area contributed by atoms with Gasteiger partial charge in [0, 0.05) is 25.2 Å². The standard InChI is InChI=1S/C12H19N5/c1-8(2)12-13-11(15-17(12)9(3)4)10-6-7-16(5)14-10/h6-9H,1-5H3. The highest BCUT2D eigenvalue weighted by molar-refractivity contribution is 5.47. The van der Waals surface area contributed by atoms with E-state index < -0.39 is 0 Å². The Labute approximate surface area is 101 Å². The second kappa shape index (κ2) is 4.31. The third-order valence-electron chi connectivity index (χ3n) is 2.61. The molecule has 5 heteroatoms. The summed E-state index contributed by atoms with van der Waals surface area (Å²) in [7, 11) is 1.90. The third-order valence-corrected chi connectivity index (χ3v) is 2.61. The second-order valence-corrected chi connectivity index (χ2v) is 4.86. The van der Waals surface area contributed by atoms with Crippen LogP contribution in [-0.2, 0) is 7.05 Å². The Morgan fingerprint density at radius 3 is 2.24 bits per heavy atom. The molecule has 0 radical (unpaired) electrons. The van der Waals surface area contributed by atoms with Gasteiger partial charge in [0.1, 0.15) is 11.5 Å². The van der Waals surface area contributed by atoms with E-state index in [9.17, 15) is 0 Å². The Balaban J connectivity index is 2.47. The van der Waals surface area contributed by atoms with Crippen LogP contribution < -0.4 is 0 Å². The highest BCUT2D eigenvalue weighted by atomic mass is 15.4. The van der Waals surface area contributed by atoms with Crippen LogP contribution in [0.15, 0.2) is 12.3 Å². The molecule has 2 aromatic rings. The first-order chi connectivity index (χ1) is 7.99. The molecule has 17 heavy (non-hydrogen) atoms. The summed E-state index contributed by atoms with van der Waals surface area (Å²) >= 11 is 0. The molecule has 0 N–H and O–H groups in total. The highest BCUT2D eigenvalue weighted by Gasteiger charge is 2.17. The van der Waals surface area contributed by atoms with E-state index in [1.165, 1.54) is 0 Å². The van der Waals surface area contributed by atoms with Gasteiger partial charge in [-0.15, -0.1) is 5.10 Å². The predicted molar refractivity (Wildman–Crippen MR) is 66.7 cm³/mol. The number of aromatic nitrogens is 5. The van der Waals surface area contributed by atoms with Crippen molar-refractivity contribution >= 4 is 0 Å². The van der Waals surface area contributed by atoms with Crippen LogP contribution >= 0.6 is 0 Å². The molecule has 0 aliphatic rings. The fraction of sp³-hybridized carbons (Fsp3) is 0.583. The lowest BCUT2D eigenvalue weighted by molar-refractivity contribution is 0.493. The molecule has 92 valence electrons. The molecule has 0 saturated heterocycles. The van der Waals surface area contributed by atoms with E-state index in [-0.39, 0.29) is 0 Å². The van der Waals surface area contributed by atoms with Gasteiger partial charge in [0.2, 0.25) is 5.82 Å². The molecule has 0 aromatic carbocycles. The minimum Gasteiger partial charge on any atom is -0.275 e. The summed E-state index contributed by atoms with van der Waals surface area (Å²) < 4.78 is 3.75. The predicted octanol–water partition coefficient (Wildman–Crippen LogP) is 2.38. The molecule has 0 atom stereocenters. The van der Waals surface area contributed by atoms with Gasteiger partial charge in [-0.1, -0.05) is 13.8 Å². The van der Waals surface area contributed by atoms with Crippen LogP contribution in [0, 0.1) is 0 Å². The molecule has 2 aromatic heterocycles. The minimum absolute atomic E-state index is 0.317. The van der Waals surface area contributed by atoms with Crippen LogP contribution in [0.25, 0.3) is 11.5 Å². The summed E-state index contributed by atoms with van der Waals surface area (Å²) in [5.74, 6) is 2.09. The van der Waals surface area contributed by atoms with Crippen molar-refractivity contribution in [3.05, 3.63) is 18.1 Å². The SMILES string of the molecule is CC(C)c1nc(-c2ccn(C)n2)nn1C(C)C. The quantitative estimate of drug-likeness (QED) is 0.817. The smallest absolute Gasteiger partial charge is 0.201 e. The molecular weight excluding hydrogens is 214 g/mol. The molecule has 0 fully saturated rings.